The molecular weight excluding hydrogens is 422 g/mol. The Morgan fingerprint density at radius 1 is 0.971 bits per heavy atom. The minimum absolute atomic E-state index is 0.0533. The Kier molecular flexibility index (Phi) is 6.14. The number of hydrogen-bond donors (Lipinski definition) is 0. The normalized spacial score (nSPS) is 16.3. The van der Waals surface area contributed by atoms with Crippen molar-refractivity contribution in [1.29, 1.82) is 0 Å². The van der Waals surface area contributed by atoms with Crippen molar-refractivity contribution < 1.29 is 14.3 Å². The molecule has 2 aliphatic heterocycles. The van der Waals surface area contributed by atoms with E-state index in [1.807, 2.05) is 35.2 Å². The monoisotopic (exact) mass is 453 g/mol. The summed E-state index contributed by atoms with van der Waals surface area (Å²) in [6.07, 6.45) is 5.92. The zero-order valence-electron chi connectivity index (χ0n) is 19.9. The molecule has 5 rings (SSSR count). The maximum absolute atomic E-state index is 13.1. The molecule has 0 aliphatic carbocycles. The first-order valence-corrected chi connectivity index (χ1v) is 12.1. The molecule has 1 amide bonds. The Bertz CT molecular complexity index is 1190. The van der Waals surface area contributed by atoms with E-state index < -0.39 is 0 Å². The van der Waals surface area contributed by atoms with Crippen LogP contribution in [0.5, 0.6) is 11.5 Å². The first-order chi connectivity index (χ1) is 16.5. The first kappa shape index (κ1) is 22.3. The molecule has 0 bridgehead atoms. The second kappa shape index (κ2) is 9.38. The Labute approximate surface area is 201 Å². The van der Waals surface area contributed by atoms with Crippen molar-refractivity contribution in [3.63, 3.8) is 0 Å². The molecule has 3 aromatic rings. The van der Waals surface area contributed by atoms with Crippen LogP contribution in [0, 0.1) is 5.92 Å². The van der Waals surface area contributed by atoms with Crippen LogP contribution in [0.1, 0.15) is 42.6 Å². The van der Waals surface area contributed by atoms with E-state index in [0.717, 1.165) is 29.9 Å². The number of nitrogens with zero attached hydrogens (tertiary/aromatic N) is 1. The summed E-state index contributed by atoms with van der Waals surface area (Å²) in [4.78, 5) is 15.1. The number of piperidine rings is 1. The van der Waals surface area contributed by atoms with Crippen molar-refractivity contribution >= 4 is 12.0 Å². The minimum Gasteiger partial charge on any atom is -0.493 e. The zero-order valence-corrected chi connectivity index (χ0v) is 19.9. The highest BCUT2D eigenvalue weighted by Crippen LogP contribution is 2.39. The third-order valence-electron chi connectivity index (χ3n) is 6.56. The Hall–Kier alpha value is -3.53. The van der Waals surface area contributed by atoms with E-state index in [1.54, 1.807) is 0 Å². The number of amides is 1. The second-order valence-corrected chi connectivity index (χ2v) is 9.64. The van der Waals surface area contributed by atoms with Gasteiger partial charge >= 0.3 is 0 Å². The molecule has 0 radical (unpaired) electrons. The number of carbonyl (C=O) groups excluding carboxylic acids is 1. The van der Waals surface area contributed by atoms with E-state index >= 15 is 0 Å². The van der Waals surface area contributed by atoms with Gasteiger partial charge in [-0.1, -0.05) is 62.4 Å². The van der Waals surface area contributed by atoms with Crippen LogP contribution in [0.25, 0.3) is 17.2 Å². The fourth-order valence-electron chi connectivity index (χ4n) is 4.60. The molecule has 4 nitrogen and oxygen atoms in total. The third kappa shape index (κ3) is 4.72. The van der Waals surface area contributed by atoms with Crippen LogP contribution in [-0.2, 0) is 0 Å². The quantitative estimate of drug-likeness (QED) is 0.444. The van der Waals surface area contributed by atoms with Gasteiger partial charge in [0.2, 0.25) is 0 Å². The molecule has 174 valence electrons. The molecule has 1 fully saturated rings. The first-order valence-electron chi connectivity index (χ1n) is 12.1. The molecule has 0 saturated carbocycles. The fraction of sp³-hybridized carbons (Fsp3) is 0.300. The highest BCUT2D eigenvalue weighted by atomic mass is 16.5. The van der Waals surface area contributed by atoms with Gasteiger partial charge in [0.05, 0.1) is 6.61 Å². The van der Waals surface area contributed by atoms with E-state index in [1.165, 1.54) is 11.1 Å². The average Bonchev–Trinajstić information content (AvgIpc) is 2.88. The third-order valence-corrected chi connectivity index (χ3v) is 6.56. The molecule has 34 heavy (non-hydrogen) atoms. The van der Waals surface area contributed by atoms with E-state index in [9.17, 15) is 4.79 Å². The summed E-state index contributed by atoms with van der Waals surface area (Å²) < 4.78 is 12.3. The van der Waals surface area contributed by atoms with Gasteiger partial charge < -0.3 is 14.4 Å². The van der Waals surface area contributed by atoms with E-state index in [0.29, 0.717) is 31.2 Å². The van der Waals surface area contributed by atoms with Gasteiger partial charge in [-0.15, -0.1) is 0 Å². The largest absolute Gasteiger partial charge is 0.493 e. The topological polar surface area (TPSA) is 38.8 Å². The van der Waals surface area contributed by atoms with Crippen molar-refractivity contribution in [2.24, 2.45) is 5.92 Å². The second-order valence-electron chi connectivity index (χ2n) is 9.64. The predicted molar refractivity (Wildman–Crippen MR) is 136 cm³/mol. The van der Waals surface area contributed by atoms with Gasteiger partial charge in [0.25, 0.3) is 5.91 Å². The van der Waals surface area contributed by atoms with Crippen LogP contribution in [0.2, 0.25) is 0 Å². The Balaban J connectivity index is 1.24. The molecular formula is C30H31NO3. The minimum atomic E-state index is -0.347. The maximum atomic E-state index is 13.1. The Morgan fingerprint density at radius 2 is 1.76 bits per heavy atom. The highest BCUT2D eigenvalue weighted by molar-refractivity contribution is 5.94. The molecule has 2 heterocycles. The standard InChI is InChI=1S/C30H31NO3/c1-22(2)21-33-27-10-6-9-26(20-27)29(32)31-17-15-30(16-18-31)14-13-25-19-24(11-12-28(25)34-30)23-7-4-3-5-8-23/h3-14,19-20,22H,15-18,21H2,1-2H3. The van der Waals surface area contributed by atoms with Crippen LogP contribution in [-0.4, -0.2) is 36.1 Å². The SMILES string of the molecule is CC(C)COc1cccc(C(=O)N2CCC3(C=Cc4cc(-c5ccccc5)ccc4O3)CC2)c1. The predicted octanol–water partition coefficient (Wildman–Crippen LogP) is 6.47. The van der Waals surface area contributed by atoms with Gasteiger partial charge in [0.15, 0.2) is 0 Å². The Morgan fingerprint density at radius 3 is 2.53 bits per heavy atom. The van der Waals surface area contributed by atoms with Crippen LogP contribution < -0.4 is 9.47 Å². The van der Waals surface area contributed by atoms with Crippen LogP contribution in [0.4, 0.5) is 0 Å². The van der Waals surface area contributed by atoms with Crippen LogP contribution >= 0.6 is 0 Å². The summed E-state index contributed by atoms with van der Waals surface area (Å²) in [5.41, 5.74) is 3.81. The number of carbonyl (C=O) groups is 1. The molecule has 0 aromatic heterocycles. The number of hydrogen-bond acceptors (Lipinski definition) is 3. The van der Waals surface area contributed by atoms with Crippen molar-refractivity contribution in [1.82, 2.24) is 4.90 Å². The molecule has 2 aliphatic rings. The van der Waals surface area contributed by atoms with Gasteiger partial charge in [-0.3, -0.25) is 4.79 Å². The molecule has 0 atom stereocenters. The van der Waals surface area contributed by atoms with Gasteiger partial charge in [0, 0.05) is 37.1 Å². The maximum Gasteiger partial charge on any atom is 0.253 e. The van der Waals surface area contributed by atoms with E-state index in [4.69, 9.17) is 9.47 Å². The van der Waals surface area contributed by atoms with Crippen LogP contribution in [0.15, 0.2) is 78.9 Å². The summed E-state index contributed by atoms with van der Waals surface area (Å²) in [5, 5.41) is 0. The summed E-state index contributed by atoms with van der Waals surface area (Å²) >= 11 is 0. The van der Waals surface area contributed by atoms with Crippen molar-refractivity contribution in [3.8, 4) is 22.6 Å². The lowest BCUT2D eigenvalue weighted by Gasteiger charge is -2.42. The van der Waals surface area contributed by atoms with E-state index in [2.05, 4.69) is 68.5 Å². The lowest BCUT2D eigenvalue weighted by atomic mass is 9.87. The molecule has 1 saturated heterocycles. The lowest BCUT2D eigenvalue weighted by molar-refractivity contribution is 0.0329. The van der Waals surface area contributed by atoms with Gasteiger partial charge in [-0.25, -0.2) is 0 Å². The highest BCUT2D eigenvalue weighted by Gasteiger charge is 2.38. The number of fused-ring (bicyclic) bond motifs is 1. The summed E-state index contributed by atoms with van der Waals surface area (Å²) in [6, 6.07) is 24.3. The van der Waals surface area contributed by atoms with Crippen LogP contribution in [0.3, 0.4) is 0 Å². The number of rotatable bonds is 5. The molecule has 0 unspecified atom stereocenters. The summed E-state index contributed by atoms with van der Waals surface area (Å²) in [7, 11) is 0. The number of benzene rings is 3. The number of ether oxygens (including phenoxy) is 2. The fourth-order valence-corrected chi connectivity index (χ4v) is 4.60. The van der Waals surface area contributed by atoms with Crippen molar-refractivity contribution in [2.45, 2.75) is 32.3 Å². The lowest BCUT2D eigenvalue weighted by Crippen LogP contribution is -2.49. The zero-order chi connectivity index (χ0) is 23.5. The summed E-state index contributed by atoms with van der Waals surface area (Å²) in [6.45, 7) is 6.19. The smallest absolute Gasteiger partial charge is 0.253 e. The van der Waals surface area contributed by atoms with Crippen molar-refractivity contribution in [3.05, 3.63) is 90.0 Å². The number of likely N-dealkylation sites (tertiary alicyclic amines) is 1. The van der Waals surface area contributed by atoms with Gasteiger partial charge in [-0.05, 0) is 53.5 Å². The van der Waals surface area contributed by atoms with Gasteiger partial charge in [-0.2, -0.15) is 0 Å². The summed E-state index contributed by atoms with van der Waals surface area (Å²) in [5.74, 6) is 2.16. The van der Waals surface area contributed by atoms with Gasteiger partial charge in [0.1, 0.15) is 17.1 Å². The molecule has 1 spiro atoms. The molecule has 4 heteroatoms. The van der Waals surface area contributed by atoms with Crippen molar-refractivity contribution in [2.75, 3.05) is 19.7 Å². The molecule has 3 aromatic carbocycles. The average molecular weight is 454 g/mol. The van der Waals surface area contributed by atoms with E-state index in [-0.39, 0.29) is 11.5 Å². The molecule has 0 N–H and O–H groups in total.